The third-order valence-electron chi connectivity index (χ3n) is 8.36. The number of amides is 1. The van der Waals surface area contributed by atoms with Gasteiger partial charge in [-0.05, 0) is 68.6 Å². The van der Waals surface area contributed by atoms with Crippen LogP contribution in [0.25, 0.3) is 22.2 Å². The molecule has 39 heavy (non-hydrogen) atoms. The Kier molecular flexibility index (Phi) is 7.39. The maximum Gasteiger partial charge on any atom is 0.264 e. The molecule has 1 aromatic heterocycles. The van der Waals surface area contributed by atoms with Crippen LogP contribution in [0.3, 0.4) is 0 Å². The van der Waals surface area contributed by atoms with Crippen LogP contribution in [0.1, 0.15) is 60.4 Å². The van der Waals surface area contributed by atoms with Gasteiger partial charge in [0.15, 0.2) is 0 Å². The van der Waals surface area contributed by atoms with E-state index in [1.165, 1.54) is 24.8 Å². The Balaban J connectivity index is 1.56. The van der Waals surface area contributed by atoms with Gasteiger partial charge in [-0.3, -0.25) is 4.79 Å². The van der Waals surface area contributed by atoms with Crippen molar-refractivity contribution in [3.63, 3.8) is 0 Å². The van der Waals surface area contributed by atoms with Crippen molar-refractivity contribution in [1.29, 1.82) is 0 Å². The first-order valence-electron chi connectivity index (χ1n) is 14.1. The monoisotopic (exact) mass is 551 g/mol. The van der Waals surface area contributed by atoms with E-state index >= 15 is 0 Å². The van der Waals surface area contributed by atoms with Crippen LogP contribution in [-0.4, -0.2) is 69.0 Å². The molecular weight excluding hydrogens is 514 g/mol. The zero-order chi connectivity index (χ0) is 27.0. The fourth-order valence-corrected chi connectivity index (χ4v) is 7.40. The molecule has 0 unspecified atom stereocenters. The Morgan fingerprint density at radius 1 is 1.00 bits per heavy atom. The Morgan fingerprint density at radius 2 is 1.82 bits per heavy atom. The average Bonchev–Trinajstić information content (AvgIpc) is 3.22. The maximum atomic E-state index is 13.2. The summed E-state index contributed by atoms with van der Waals surface area (Å²) in [6.07, 6.45) is 6.17. The highest BCUT2D eigenvalue weighted by Gasteiger charge is 2.31. The van der Waals surface area contributed by atoms with Crippen LogP contribution < -0.4 is 9.46 Å². The van der Waals surface area contributed by atoms with E-state index in [0.717, 1.165) is 40.8 Å². The number of carbonyl (C=O) groups excluding carboxylic acids is 1. The SMILES string of the molecule is CN1CCCS(=O)(=O)NC(=O)c2ccc3c(C4CCCCC4)c4n(c3c2)C[C@@H](COc2ccccc2-4)OCC1. The Morgan fingerprint density at radius 3 is 2.67 bits per heavy atom. The van der Waals surface area contributed by atoms with Gasteiger partial charge in [0.05, 0.1) is 24.6 Å². The van der Waals surface area contributed by atoms with Gasteiger partial charge in [-0.2, -0.15) is 0 Å². The molecule has 4 bridgehead atoms. The predicted octanol–water partition coefficient (Wildman–Crippen LogP) is 4.53. The Hall–Kier alpha value is -2.88. The van der Waals surface area contributed by atoms with E-state index < -0.39 is 15.9 Å². The molecule has 1 saturated carbocycles. The normalized spacial score (nSPS) is 23.1. The van der Waals surface area contributed by atoms with Gasteiger partial charge in [-0.15, -0.1) is 0 Å². The number of likely N-dealkylation sites (N-methyl/N-ethyl adjacent to an activating group) is 1. The van der Waals surface area contributed by atoms with Crippen molar-refractivity contribution in [1.82, 2.24) is 14.2 Å². The van der Waals surface area contributed by atoms with Crippen molar-refractivity contribution in [2.75, 3.05) is 39.1 Å². The zero-order valence-electron chi connectivity index (χ0n) is 22.5. The van der Waals surface area contributed by atoms with Crippen LogP contribution in [0.2, 0.25) is 0 Å². The summed E-state index contributed by atoms with van der Waals surface area (Å²) in [5, 5.41) is 1.12. The lowest BCUT2D eigenvalue weighted by atomic mass is 9.81. The molecule has 0 radical (unpaired) electrons. The highest BCUT2D eigenvalue weighted by Crippen LogP contribution is 2.47. The highest BCUT2D eigenvalue weighted by molar-refractivity contribution is 7.90. The number of benzene rings is 2. The van der Waals surface area contributed by atoms with Gasteiger partial charge in [0.1, 0.15) is 18.5 Å². The third-order valence-corrected chi connectivity index (χ3v) is 9.68. The first-order valence-corrected chi connectivity index (χ1v) is 15.8. The molecule has 3 heterocycles. The summed E-state index contributed by atoms with van der Waals surface area (Å²) < 4.78 is 42.8. The van der Waals surface area contributed by atoms with Gasteiger partial charge in [0, 0.05) is 28.6 Å². The van der Waals surface area contributed by atoms with Crippen LogP contribution in [0, 0.1) is 0 Å². The number of hydrogen-bond acceptors (Lipinski definition) is 6. The second-order valence-corrected chi connectivity index (χ2v) is 13.0. The Labute approximate surface area is 230 Å². The minimum atomic E-state index is -3.74. The van der Waals surface area contributed by atoms with Gasteiger partial charge in [0.25, 0.3) is 5.91 Å². The average molecular weight is 552 g/mol. The van der Waals surface area contributed by atoms with E-state index in [-0.39, 0.29) is 11.9 Å². The van der Waals surface area contributed by atoms with E-state index in [1.807, 2.05) is 37.4 Å². The van der Waals surface area contributed by atoms with Gasteiger partial charge in [-0.25, -0.2) is 13.1 Å². The lowest BCUT2D eigenvalue weighted by Crippen LogP contribution is -2.35. The topological polar surface area (TPSA) is 89.9 Å². The summed E-state index contributed by atoms with van der Waals surface area (Å²) in [7, 11) is -1.79. The molecule has 3 aromatic rings. The molecule has 208 valence electrons. The summed E-state index contributed by atoms with van der Waals surface area (Å²) in [4.78, 5) is 15.2. The van der Waals surface area contributed by atoms with E-state index in [2.05, 4.69) is 20.3 Å². The fourth-order valence-electron chi connectivity index (χ4n) is 6.39. The number of nitrogens with one attached hydrogen (secondary N) is 1. The molecule has 9 heteroatoms. The highest BCUT2D eigenvalue weighted by atomic mass is 32.2. The van der Waals surface area contributed by atoms with E-state index in [9.17, 15) is 13.2 Å². The van der Waals surface area contributed by atoms with Crippen LogP contribution in [-0.2, 0) is 21.3 Å². The molecule has 1 atom stereocenters. The van der Waals surface area contributed by atoms with Gasteiger partial charge in [0.2, 0.25) is 10.0 Å². The number of hydrogen-bond donors (Lipinski definition) is 1. The largest absolute Gasteiger partial charge is 0.490 e. The van der Waals surface area contributed by atoms with Gasteiger partial charge in [-0.1, -0.05) is 37.5 Å². The van der Waals surface area contributed by atoms with Crippen LogP contribution >= 0.6 is 0 Å². The van der Waals surface area contributed by atoms with Crippen molar-refractivity contribution in [3.8, 4) is 17.0 Å². The number of nitrogens with zero attached hydrogens (tertiary/aromatic N) is 2. The van der Waals surface area contributed by atoms with Crippen molar-refractivity contribution in [2.45, 2.75) is 57.1 Å². The number of aromatic nitrogens is 1. The molecule has 0 spiro atoms. The van der Waals surface area contributed by atoms with Crippen LogP contribution in [0.5, 0.6) is 5.75 Å². The van der Waals surface area contributed by atoms with Crippen molar-refractivity contribution >= 4 is 26.8 Å². The predicted molar refractivity (Wildman–Crippen MR) is 152 cm³/mol. The summed E-state index contributed by atoms with van der Waals surface area (Å²) in [5.74, 6) is 0.551. The number of ether oxygens (including phenoxy) is 2. The first-order chi connectivity index (χ1) is 18.9. The minimum Gasteiger partial charge on any atom is -0.490 e. The molecule has 3 aliphatic rings. The number of para-hydroxylation sites is 1. The van der Waals surface area contributed by atoms with Crippen molar-refractivity contribution in [3.05, 3.63) is 53.6 Å². The number of fused-ring (bicyclic) bond motifs is 4. The molecule has 6 rings (SSSR count). The van der Waals surface area contributed by atoms with Crippen LogP contribution in [0.15, 0.2) is 42.5 Å². The van der Waals surface area contributed by atoms with Crippen LogP contribution in [0.4, 0.5) is 0 Å². The molecule has 1 amide bonds. The van der Waals surface area contributed by atoms with Gasteiger partial charge < -0.3 is 18.9 Å². The maximum absolute atomic E-state index is 13.2. The van der Waals surface area contributed by atoms with E-state index in [4.69, 9.17) is 9.47 Å². The number of rotatable bonds is 1. The third kappa shape index (κ3) is 5.44. The fraction of sp³-hybridized carbons (Fsp3) is 0.500. The molecule has 8 nitrogen and oxygen atoms in total. The minimum absolute atomic E-state index is 0.105. The quantitative estimate of drug-likeness (QED) is 0.478. The number of carbonyl (C=O) groups is 1. The lowest BCUT2D eigenvalue weighted by molar-refractivity contribution is 0.00238. The van der Waals surface area contributed by atoms with Gasteiger partial charge >= 0.3 is 0 Å². The second-order valence-electron chi connectivity index (χ2n) is 11.1. The first kappa shape index (κ1) is 26.3. The lowest BCUT2D eigenvalue weighted by Gasteiger charge is -2.28. The van der Waals surface area contributed by atoms with Crippen molar-refractivity contribution < 1.29 is 22.7 Å². The zero-order valence-corrected chi connectivity index (χ0v) is 23.3. The molecule has 1 N–H and O–H groups in total. The molecule has 1 fully saturated rings. The number of sulfonamides is 1. The summed E-state index contributed by atoms with van der Waals surface area (Å²) in [5.41, 5.74) is 4.76. The molecular formula is C30H37N3O5S. The summed E-state index contributed by atoms with van der Waals surface area (Å²) >= 11 is 0. The standard InChI is InChI=1S/C30H37N3O5S/c1-32-14-7-17-39(35,36)31-30(34)22-12-13-24-26(18-22)33-19-23(37-16-15-32)20-38-27-11-6-5-10-25(27)29(33)28(24)21-8-3-2-4-9-21/h5-6,10-13,18,21,23H,2-4,7-9,14-17,19-20H2,1H3,(H,31,34)/t23-/m0/s1. The van der Waals surface area contributed by atoms with E-state index in [1.54, 1.807) is 6.07 Å². The smallest absolute Gasteiger partial charge is 0.264 e. The summed E-state index contributed by atoms with van der Waals surface area (Å²) in [6.45, 7) is 2.80. The van der Waals surface area contributed by atoms with E-state index in [0.29, 0.717) is 50.8 Å². The second kappa shape index (κ2) is 10.9. The molecule has 1 aliphatic carbocycles. The summed E-state index contributed by atoms with van der Waals surface area (Å²) in [6, 6.07) is 13.8. The Bertz CT molecular complexity index is 1480. The molecule has 0 saturated heterocycles. The molecule has 2 aromatic carbocycles. The molecule has 2 aliphatic heterocycles. The van der Waals surface area contributed by atoms with Crippen molar-refractivity contribution in [2.24, 2.45) is 0 Å².